The maximum Gasteiger partial charge on any atom is 0.225 e. The maximum absolute atomic E-state index is 11.7. The molecule has 17 heavy (non-hydrogen) atoms. The van der Waals surface area contributed by atoms with E-state index in [4.69, 9.17) is 0 Å². The maximum atomic E-state index is 11.7. The van der Waals surface area contributed by atoms with Crippen LogP contribution in [0.25, 0.3) is 0 Å². The van der Waals surface area contributed by atoms with Gasteiger partial charge >= 0.3 is 0 Å². The second kappa shape index (κ2) is 6.55. The van der Waals surface area contributed by atoms with Crippen molar-refractivity contribution >= 4 is 33.2 Å². The quantitative estimate of drug-likeness (QED) is 0.826. The van der Waals surface area contributed by atoms with E-state index in [0.29, 0.717) is 17.8 Å². The van der Waals surface area contributed by atoms with Gasteiger partial charge in [-0.3, -0.25) is 4.79 Å². The first kappa shape index (κ1) is 14.7. The van der Waals surface area contributed by atoms with E-state index in [1.165, 1.54) is 0 Å². The number of carbonyl (C=O) groups excluding carboxylic acids is 1. The molecule has 1 rings (SSSR count). The highest BCUT2D eigenvalue weighted by atomic mass is 79.9. The lowest BCUT2D eigenvalue weighted by Crippen LogP contribution is -2.32. The van der Waals surface area contributed by atoms with Gasteiger partial charge in [0.05, 0.1) is 6.42 Å². The molecular formula is C13H20BrNOS. The van der Waals surface area contributed by atoms with Gasteiger partial charge in [-0.2, -0.15) is 0 Å². The van der Waals surface area contributed by atoms with Crippen LogP contribution in [0, 0.1) is 5.41 Å². The Hall–Kier alpha value is -0.350. The molecule has 1 aromatic heterocycles. The van der Waals surface area contributed by atoms with Crippen LogP contribution in [0.1, 0.15) is 32.1 Å². The number of hydrogen-bond donors (Lipinski definition) is 1. The lowest BCUT2D eigenvalue weighted by molar-refractivity contribution is -0.120. The standard InChI is InChI=1S/C13H20BrNOS/c1-13(2,3)8-10(14)9-15-12(16)7-11-5-4-6-17-11/h4-6,10H,7-9H2,1-3H3,(H,15,16). The van der Waals surface area contributed by atoms with Crippen LogP contribution in [0.4, 0.5) is 0 Å². The SMILES string of the molecule is CC(C)(C)CC(Br)CNC(=O)Cc1cccs1. The summed E-state index contributed by atoms with van der Waals surface area (Å²) in [6.45, 7) is 7.31. The van der Waals surface area contributed by atoms with Crippen molar-refractivity contribution in [2.24, 2.45) is 5.41 Å². The normalized spacial score (nSPS) is 13.4. The van der Waals surface area contributed by atoms with Gasteiger partial charge in [-0.05, 0) is 23.3 Å². The van der Waals surface area contributed by atoms with Gasteiger partial charge in [0, 0.05) is 16.2 Å². The van der Waals surface area contributed by atoms with Gasteiger partial charge in [0.2, 0.25) is 5.91 Å². The van der Waals surface area contributed by atoms with Crippen molar-refractivity contribution in [3.8, 4) is 0 Å². The van der Waals surface area contributed by atoms with Crippen molar-refractivity contribution < 1.29 is 4.79 Å². The fraction of sp³-hybridized carbons (Fsp3) is 0.615. The molecule has 1 unspecified atom stereocenters. The Kier molecular flexibility index (Phi) is 5.67. The molecular weight excluding hydrogens is 298 g/mol. The van der Waals surface area contributed by atoms with Crippen molar-refractivity contribution in [3.05, 3.63) is 22.4 Å². The van der Waals surface area contributed by atoms with Crippen LogP contribution < -0.4 is 5.32 Å². The largest absolute Gasteiger partial charge is 0.355 e. The molecule has 1 amide bonds. The number of thiophene rings is 1. The van der Waals surface area contributed by atoms with E-state index >= 15 is 0 Å². The van der Waals surface area contributed by atoms with E-state index in [-0.39, 0.29) is 11.3 Å². The Morgan fingerprint density at radius 3 is 2.76 bits per heavy atom. The predicted octanol–water partition coefficient (Wildman–Crippen LogP) is 3.61. The van der Waals surface area contributed by atoms with Crippen LogP contribution in [-0.2, 0) is 11.2 Å². The molecule has 2 nitrogen and oxygen atoms in total. The van der Waals surface area contributed by atoms with Crippen LogP contribution in [0.5, 0.6) is 0 Å². The minimum absolute atomic E-state index is 0.103. The molecule has 0 bridgehead atoms. The topological polar surface area (TPSA) is 29.1 Å². The van der Waals surface area contributed by atoms with Gasteiger partial charge in [0.1, 0.15) is 0 Å². The fourth-order valence-corrected chi connectivity index (χ4v) is 3.43. The molecule has 0 spiro atoms. The molecule has 0 fully saturated rings. The second-order valence-corrected chi connectivity index (χ2v) is 7.75. The van der Waals surface area contributed by atoms with E-state index in [1.54, 1.807) is 11.3 Å². The van der Waals surface area contributed by atoms with Crippen LogP contribution in [0.3, 0.4) is 0 Å². The molecule has 0 saturated carbocycles. The van der Waals surface area contributed by atoms with Gasteiger partial charge in [0.15, 0.2) is 0 Å². The molecule has 0 aliphatic carbocycles. The third-order valence-electron chi connectivity index (χ3n) is 2.27. The molecule has 0 aliphatic rings. The second-order valence-electron chi connectivity index (χ2n) is 5.42. The molecule has 4 heteroatoms. The fourth-order valence-electron chi connectivity index (χ4n) is 1.60. The minimum Gasteiger partial charge on any atom is -0.355 e. The lowest BCUT2D eigenvalue weighted by Gasteiger charge is -2.22. The van der Waals surface area contributed by atoms with E-state index < -0.39 is 0 Å². The molecule has 0 saturated heterocycles. The van der Waals surface area contributed by atoms with Crippen LogP contribution >= 0.6 is 27.3 Å². The number of amides is 1. The number of alkyl halides is 1. The molecule has 1 N–H and O–H groups in total. The minimum atomic E-state index is 0.103. The van der Waals surface area contributed by atoms with Gasteiger partial charge < -0.3 is 5.32 Å². The number of nitrogens with one attached hydrogen (secondary N) is 1. The number of carbonyl (C=O) groups is 1. The molecule has 1 atom stereocenters. The summed E-state index contributed by atoms with van der Waals surface area (Å²) < 4.78 is 0. The van der Waals surface area contributed by atoms with Crippen LogP contribution in [0.2, 0.25) is 0 Å². The van der Waals surface area contributed by atoms with Crippen LogP contribution in [0.15, 0.2) is 17.5 Å². The molecule has 0 aliphatic heterocycles. The first-order valence-electron chi connectivity index (χ1n) is 5.80. The number of rotatable bonds is 5. The summed E-state index contributed by atoms with van der Waals surface area (Å²) in [7, 11) is 0. The van der Waals surface area contributed by atoms with Crippen molar-refractivity contribution in [1.29, 1.82) is 0 Å². The Bertz CT molecular complexity index is 343. The average molecular weight is 318 g/mol. The highest BCUT2D eigenvalue weighted by Gasteiger charge is 2.17. The zero-order chi connectivity index (χ0) is 12.9. The summed E-state index contributed by atoms with van der Waals surface area (Å²) >= 11 is 5.23. The van der Waals surface area contributed by atoms with E-state index in [0.717, 1.165) is 11.3 Å². The van der Waals surface area contributed by atoms with Crippen LogP contribution in [-0.4, -0.2) is 17.3 Å². The highest BCUT2D eigenvalue weighted by molar-refractivity contribution is 9.09. The molecule has 1 aromatic rings. The summed E-state index contributed by atoms with van der Waals surface area (Å²) in [5.74, 6) is 0.103. The third kappa shape index (κ3) is 6.84. The van der Waals surface area contributed by atoms with Gasteiger partial charge in [-0.25, -0.2) is 0 Å². The van der Waals surface area contributed by atoms with E-state index in [2.05, 4.69) is 42.0 Å². The molecule has 96 valence electrons. The van der Waals surface area contributed by atoms with E-state index in [1.807, 2.05) is 17.5 Å². The zero-order valence-corrected chi connectivity index (χ0v) is 13.0. The Morgan fingerprint density at radius 1 is 1.53 bits per heavy atom. The van der Waals surface area contributed by atoms with Crippen molar-refractivity contribution in [2.75, 3.05) is 6.54 Å². The molecule has 1 heterocycles. The summed E-state index contributed by atoms with van der Waals surface area (Å²) in [5, 5.41) is 4.96. The summed E-state index contributed by atoms with van der Waals surface area (Å²) in [6, 6.07) is 3.96. The van der Waals surface area contributed by atoms with Gasteiger partial charge in [-0.1, -0.05) is 42.8 Å². The Morgan fingerprint density at radius 2 is 2.24 bits per heavy atom. The Balaban J connectivity index is 2.24. The third-order valence-corrected chi connectivity index (χ3v) is 3.79. The van der Waals surface area contributed by atoms with Crippen molar-refractivity contribution in [2.45, 2.75) is 38.4 Å². The lowest BCUT2D eigenvalue weighted by atomic mass is 9.90. The van der Waals surface area contributed by atoms with Gasteiger partial charge in [-0.15, -0.1) is 11.3 Å². The highest BCUT2D eigenvalue weighted by Crippen LogP contribution is 2.24. The van der Waals surface area contributed by atoms with Crippen molar-refractivity contribution in [3.63, 3.8) is 0 Å². The molecule has 0 aromatic carbocycles. The van der Waals surface area contributed by atoms with Gasteiger partial charge in [0.25, 0.3) is 0 Å². The number of hydrogen-bond acceptors (Lipinski definition) is 2. The average Bonchev–Trinajstić information content (AvgIpc) is 2.64. The summed E-state index contributed by atoms with van der Waals surface area (Å²) in [6.07, 6.45) is 1.54. The number of halogens is 1. The first-order valence-corrected chi connectivity index (χ1v) is 7.59. The van der Waals surface area contributed by atoms with E-state index in [9.17, 15) is 4.79 Å². The zero-order valence-electron chi connectivity index (χ0n) is 10.6. The smallest absolute Gasteiger partial charge is 0.225 e. The monoisotopic (exact) mass is 317 g/mol. The first-order chi connectivity index (χ1) is 7.87. The Labute approximate surface area is 116 Å². The van der Waals surface area contributed by atoms with Crippen molar-refractivity contribution in [1.82, 2.24) is 5.32 Å². The summed E-state index contributed by atoms with van der Waals surface area (Å²) in [4.78, 5) is 13.1. The summed E-state index contributed by atoms with van der Waals surface area (Å²) in [5.41, 5.74) is 0.284. The molecule has 0 radical (unpaired) electrons. The predicted molar refractivity (Wildman–Crippen MR) is 77.8 cm³/mol.